The van der Waals surface area contributed by atoms with E-state index in [1.807, 2.05) is 43.3 Å². The minimum atomic E-state index is -0.149. The standard InChI is InChI=1S/C26H30N2O2/c1-2-30-24-16-15-20-17-22(14-13-21(20)18-24)25(19-9-5-3-6-10-19)28-26(29)27-23-11-7-4-8-12-23/h4,7-8,11-19,25H,2-3,5-6,9-10H2,1H3,(H2,27,28,29). The van der Waals surface area contributed by atoms with E-state index in [1.165, 1.54) is 30.2 Å². The van der Waals surface area contributed by atoms with Gasteiger partial charge in [-0.15, -0.1) is 0 Å². The highest BCUT2D eigenvalue weighted by atomic mass is 16.5. The second-order valence-corrected chi connectivity index (χ2v) is 8.04. The predicted molar refractivity (Wildman–Crippen MR) is 123 cm³/mol. The van der Waals surface area contributed by atoms with E-state index in [4.69, 9.17) is 4.74 Å². The Hall–Kier alpha value is -3.01. The summed E-state index contributed by atoms with van der Waals surface area (Å²) in [6, 6.07) is 22.2. The van der Waals surface area contributed by atoms with Crippen molar-refractivity contribution in [3.05, 3.63) is 72.3 Å². The van der Waals surface area contributed by atoms with Crippen LogP contribution < -0.4 is 15.4 Å². The maximum atomic E-state index is 12.8. The maximum Gasteiger partial charge on any atom is 0.319 e. The number of nitrogens with one attached hydrogen (secondary N) is 2. The number of fused-ring (bicyclic) bond motifs is 1. The SMILES string of the molecule is CCOc1ccc2cc(C(NC(=O)Nc3ccccc3)C3CCCCC3)ccc2c1. The first-order chi connectivity index (χ1) is 14.7. The topological polar surface area (TPSA) is 50.4 Å². The molecule has 1 saturated carbocycles. The molecule has 30 heavy (non-hydrogen) atoms. The van der Waals surface area contributed by atoms with E-state index in [1.54, 1.807) is 0 Å². The summed E-state index contributed by atoms with van der Waals surface area (Å²) in [6.45, 7) is 2.65. The zero-order valence-corrected chi connectivity index (χ0v) is 17.6. The lowest BCUT2D eigenvalue weighted by Gasteiger charge is -2.31. The van der Waals surface area contributed by atoms with Gasteiger partial charge in [-0.2, -0.15) is 0 Å². The Morgan fingerprint density at radius 3 is 2.47 bits per heavy atom. The molecule has 1 aliphatic carbocycles. The average Bonchev–Trinajstić information content (AvgIpc) is 2.79. The number of ether oxygens (including phenoxy) is 1. The third-order valence-electron chi connectivity index (χ3n) is 5.95. The molecule has 3 aromatic carbocycles. The zero-order chi connectivity index (χ0) is 20.8. The van der Waals surface area contributed by atoms with Gasteiger partial charge in [0, 0.05) is 5.69 Å². The second-order valence-electron chi connectivity index (χ2n) is 8.04. The van der Waals surface area contributed by atoms with Crippen LogP contribution in [-0.4, -0.2) is 12.6 Å². The summed E-state index contributed by atoms with van der Waals surface area (Å²) in [5.41, 5.74) is 1.97. The molecular formula is C26H30N2O2. The van der Waals surface area contributed by atoms with Gasteiger partial charge in [0.2, 0.25) is 0 Å². The maximum absolute atomic E-state index is 12.8. The van der Waals surface area contributed by atoms with Gasteiger partial charge in [-0.1, -0.05) is 55.7 Å². The Bertz CT molecular complexity index is 981. The summed E-state index contributed by atoms with van der Waals surface area (Å²) in [5, 5.41) is 8.57. The highest BCUT2D eigenvalue weighted by molar-refractivity contribution is 5.90. The van der Waals surface area contributed by atoms with E-state index in [9.17, 15) is 4.79 Å². The van der Waals surface area contributed by atoms with Crippen LogP contribution in [0.3, 0.4) is 0 Å². The highest BCUT2D eigenvalue weighted by Crippen LogP contribution is 2.36. The minimum Gasteiger partial charge on any atom is -0.494 e. The molecule has 0 saturated heterocycles. The van der Waals surface area contributed by atoms with Crippen molar-refractivity contribution >= 4 is 22.5 Å². The quantitative estimate of drug-likeness (QED) is 0.483. The van der Waals surface area contributed by atoms with E-state index in [0.717, 1.165) is 29.7 Å². The largest absolute Gasteiger partial charge is 0.494 e. The zero-order valence-electron chi connectivity index (χ0n) is 17.6. The van der Waals surface area contributed by atoms with E-state index in [-0.39, 0.29) is 12.1 Å². The lowest BCUT2D eigenvalue weighted by atomic mass is 9.81. The van der Waals surface area contributed by atoms with Crippen LogP contribution in [0.4, 0.5) is 10.5 Å². The molecule has 3 aromatic rings. The Balaban J connectivity index is 1.58. The van der Waals surface area contributed by atoms with Crippen LogP contribution in [-0.2, 0) is 0 Å². The lowest BCUT2D eigenvalue weighted by Crippen LogP contribution is -2.37. The fourth-order valence-corrected chi connectivity index (χ4v) is 4.46. The van der Waals surface area contributed by atoms with Crippen molar-refractivity contribution < 1.29 is 9.53 Å². The molecule has 4 rings (SSSR count). The van der Waals surface area contributed by atoms with Crippen molar-refractivity contribution in [1.29, 1.82) is 0 Å². The number of rotatable bonds is 6. The lowest BCUT2D eigenvalue weighted by molar-refractivity contribution is 0.232. The van der Waals surface area contributed by atoms with Crippen molar-refractivity contribution in [1.82, 2.24) is 5.32 Å². The van der Waals surface area contributed by atoms with Gasteiger partial charge in [-0.05, 0) is 72.4 Å². The summed E-state index contributed by atoms with van der Waals surface area (Å²) in [4.78, 5) is 12.8. The number of hydrogen-bond donors (Lipinski definition) is 2. The number of carbonyl (C=O) groups is 1. The molecule has 2 amide bonds. The first kappa shape index (κ1) is 20.3. The normalized spacial score (nSPS) is 15.5. The Morgan fingerprint density at radius 1 is 0.967 bits per heavy atom. The second kappa shape index (κ2) is 9.66. The van der Waals surface area contributed by atoms with Crippen molar-refractivity contribution in [3.63, 3.8) is 0 Å². The van der Waals surface area contributed by atoms with Crippen LogP contribution in [0.2, 0.25) is 0 Å². The summed E-state index contributed by atoms with van der Waals surface area (Å²) in [5.74, 6) is 1.35. The molecule has 0 aromatic heterocycles. The fraction of sp³-hybridized carbons (Fsp3) is 0.346. The average molecular weight is 403 g/mol. The number of para-hydroxylation sites is 1. The number of amides is 2. The van der Waals surface area contributed by atoms with Crippen molar-refractivity contribution in [3.8, 4) is 5.75 Å². The molecule has 4 nitrogen and oxygen atoms in total. The minimum absolute atomic E-state index is 0.00461. The van der Waals surface area contributed by atoms with Crippen molar-refractivity contribution in [2.24, 2.45) is 5.92 Å². The number of urea groups is 1. The Morgan fingerprint density at radius 2 is 1.70 bits per heavy atom. The Kier molecular flexibility index (Phi) is 6.53. The van der Waals surface area contributed by atoms with Crippen molar-refractivity contribution in [2.75, 3.05) is 11.9 Å². The van der Waals surface area contributed by atoms with Gasteiger partial charge in [0.25, 0.3) is 0 Å². The summed E-state index contributed by atoms with van der Waals surface area (Å²) in [7, 11) is 0. The first-order valence-corrected chi connectivity index (χ1v) is 11.0. The van der Waals surface area contributed by atoms with Crippen LogP contribution in [0.1, 0.15) is 50.6 Å². The third-order valence-corrected chi connectivity index (χ3v) is 5.95. The summed E-state index contributed by atoms with van der Waals surface area (Å²) >= 11 is 0. The van der Waals surface area contributed by atoms with Gasteiger partial charge in [-0.25, -0.2) is 4.79 Å². The van der Waals surface area contributed by atoms with Gasteiger partial charge < -0.3 is 15.4 Å². The molecule has 156 valence electrons. The Labute approximate surface area is 178 Å². The predicted octanol–water partition coefficient (Wildman–Crippen LogP) is 6.68. The molecule has 0 aliphatic heterocycles. The van der Waals surface area contributed by atoms with E-state index >= 15 is 0 Å². The van der Waals surface area contributed by atoms with Gasteiger partial charge in [0.1, 0.15) is 5.75 Å². The number of benzene rings is 3. The van der Waals surface area contributed by atoms with E-state index < -0.39 is 0 Å². The monoisotopic (exact) mass is 402 g/mol. The molecule has 0 spiro atoms. The molecule has 4 heteroatoms. The number of anilines is 1. The molecule has 1 unspecified atom stereocenters. The summed E-state index contributed by atoms with van der Waals surface area (Å²) < 4.78 is 5.63. The fourth-order valence-electron chi connectivity index (χ4n) is 4.46. The number of hydrogen-bond acceptors (Lipinski definition) is 2. The van der Waals surface area contributed by atoms with Crippen LogP contribution in [0.25, 0.3) is 10.8 Å². The van der Waals surface area contributed by atoms with Gasteiger partial charge in [-0.3, -0.25) is 0 Å². The van der Waals surface area contributed by atoms with Crippen LogP contribution in [0.15, 0.2) is 66.7 Å². The molecule has 1 aliphatic rings. The molecule has 1 atom stereocenters. The van der Waals surface area contributed by atoms with Crippen LogP contribution >= 0.6 is 0 Å². The van der Waals surface area contributed by atoms with Crippen LogP contribution in [0, 0.1) is 5.92 Å². The molecule has 1 fully saturated rings. The highest BCUT2D eigenvalue weighted by Gasteiger charge is 2.27. The van der Waals surface area contributed by atoms with Crippen molar-refractivity contribution in [2.45, 2.75) is 45.1 Å². The summed E-state index contributed by atoms with van der Waals surface area (Å²) in [6.07, 6.45) is 6.05. The molecule has 2 N–H and O–H groups in total. The molecular weight excluding hydrogens is 372 g/mol. The van der Waals surface area contributed by atoms with E-state index in [0.29, 0.717) is 12.5 Å². The van der Waals surface area contributed by atoms with Gasteiger partial charge >= 0.3 is 6.03 Å². The number of carbonyl (C=O) groups excluding carboxylic acids is 1. The van der Waals surface area contributed by atoms with Gasteiger partial charge in [0.15, 0.2) is 0 Å². The molecule has 0 radical (unpaired) electrons. The van der Waals surface area contributed by atoms with Gasteiger partial charge in [0.05, 0.1) is 12.6 Å². The molecule has 0 bridgehead atoms. The van der Waals surface area contributed by atoms with E-state index in [2.05, 4.69) is 41.0 Å². The molecule has 0 heterocycles. The van der Waals surface area contributed by atoms with Crippen LogP contribution in [0.5, 0.6) is 5.75 Å². The third kappa shape index (κ3) is 4.93. The first-order valence-electron chi connectivity index (χ1n) is 11.0. The smallest absolute Gasteiger partial charge is 0.319 e.